The number of likely N-dealkylation sites (N-methyl/N-ethyl adjacent to an activating group) is 1. The van der Waals surface area contributed by atoms with Crippen molar-refractivity contribution in [3.05, 3.63) is 24.3 Å². The summed E-state index contributed by atoms with van der Waals surface area (Å²) in [5.41, 5.74) is 0. The average molecular weight is 303 g/mol. The van der Waals surface area contributed by atoms with E-state index in [0.29, 0.717) is 11.8 Å². The van der Waals surface area contributed by atoms with Gasteiger partial charge in [0.25, 0.3) is 0 Å². The van der Waals surface area contributed by atoms with E-state index in [-0.39, 0.29) is 24.1 Å². The number of rotatable bonds is 4. The number of thioether (sulfide) groups is 1. The first-order valence-corrected chi connectivity index (χ1v) is 7.03. The lowest BCUT2D eigenvalue weighted by Gasteiger charge is -2.23. The summed E-state index contributed by atoms with van der Waals surface area (Å²) in [6, 6.07) is 7.25. The van der Waals surface area contributed by atoms with Gasteiger partial charge < -0.3 is 15.3 Å². The number of benzene rings is 1. The van der Waals surface area contributed by atoms with Gasteiger partial charge in [-0.2, -0.15) is 0 Å². The fraction of sp³-hybridized carbons (Fsp3) is 0.462. The number of phenolic OH excluding ortho intramolecular Hbond substituents is 1. The maximum absolute atomic E-state index is 12.0. The predicted molar refractivity (Wildman–Crippen MR) is 80.1 cm³/mol. The molecule has 0 radical (unpaired) electrons. The molecular formula is C13H19ClN2O2S. The number of hydrogen-bond donors (Lipinski definition) is 2. The van der Waals surface area contributed by atoms with Crippen LogP contribution in [0.15, 0.2) is 29.2 Å². The van der Waals surface area contributed by atoms with E-state index in [1.807, 2.05) is 24.1 Å². The molecule has 0 spiro atoms. The van der Waals surface area contributed by atoms with Crippen molar-refractivity contribution in [3.63, 3.8) is 0 Å². The van der Waals surface area contributed by atoms with Crippen molar-refractivity contribution >= 4 is 30.1 Å². The van der Waals surface area contributed by atoms with Gasteiger partial charge in [0.2, 0.25) is 5.91 Å². The lowest BCUT2D eigenvalue weighted by Crippen LogP contribution is -2.39. The second-order valence-corrected chi connectivity index (χ2v) is 5.48. The number of nitrogens with one attached hydrogen (secondary N) is 1. The first-order chi connectivity index (χ1) is 8.66. The molecule has 4 nitrogen and oxygen atoms in total. The maximum atomic E-state index is 12.0. The summed E-state index contributed by atoms with van der Waals surface area (Å²) < 4.78 is 0. The fourth-order valence-electron chi connectivity index (χ4n) is 1.96. The van der Waals surface area contributed by atoms with Crippen LogP contribution in [0.4, 0.5) is 0 Å². The Hall–Kier alpha value is -0.910. The van der Waals surface area contributed by atoms with Crippen LogP contribution in [-0.4, -0.2) is 47.8 Å². The third-order valence-electron chi connectivity index (χ3n) is 3.17. The summed E-state index contributed by atoms with van der Waals surface area (Å²) in [5.74, 6) is 0.846. The Labute approximate surface area is 124 Å². The molecule has 1 aromatic rings. The lowest BCUT2D eigenvalue weighted by atomic mass is 10.2. The molecule has 1 fully saturated rings. The summed E-state index contributed by atoms with van der Waals surface area (Å²) in [7, 11) is 1.87. The highest BCUT2D eigenvalue weighted by Gasteiger charge is 2.22. The number of hydrogen-bond acceptors (Lipinski definition) is 4. The number of carbonyl (C=O) groups is 1. The van der Waals surface area contributed by atoms with E-state index in [0.717, 1.165) is 24.4 Å². The van der Waals surface area contributed by atoms with Gasteiger partial charge in [-0.3, -0.25) is 4.79 Å². The van der Waals surface area contributed by atoms with Crippen LogP contribution < -0.4 is 5.32 Å². The molecule has 1 aliphatic heterocycles. The van der Waals surface area contributed by atoms with E-state index < -0.39 is 0 Å². The average Bonchev–Trinajstić information content (AvgIpc) is 2.90. The molecule has 0 saturated carbocycles. The first-order valence-electron chi connectivity index (χ1n) is 6.05. The van der Waals surface area contributed by atoms with Crippen LogP contribution in [0.5, 0.6) is 5.75 Å². The van der Waals surface area contributed by atoms with Crippen molar-refractivity contribution in [2.45, 2.75) is 17.4 Å². The Bertz CT molecular complexity index is 408. The highest BCUT2D eigenvalue weighted by atomic mass is 35.5. The third-order valence-corrected chi connectivity index (χ3v) is 4.17. The SMILES string of the molecule is CN(C(=O)CSc1ccc(O)cc1)C1CCNC1.Cl. The van der Waals surface area contributed by atoms with Crippen molar-refractivity contribution in [1.82, 2.24) is 10.2 Å². The smallest absolute Gasteiger partial charge is 0.232 e. The van der Waals surface area contributed by atoms with E-state index in [1.54, 1.807) is 12.1 Å². The summed E-state index contributed by atoms with van der Waals surface area (Å²) in [6.07, 6.45) is 1.03. The van der Waals surface area contributed by atoms with Gasteiger partial charge in [-0.05, 0) is 37.2 Å². The van der Waals surface area contributed by atoms with Gasteiger partial charge >= 0.3 is 0 Å². The van der Waals surface area contributed by atoms with Crippen LogP contribution in [0.1, 0.15) is 6.42 Å². The van der Waals surface area contributed by atoms with Gasteiger partial charge in [-0.25, -0.2) is 0 Å². The number of phenols is 1. The Morgan fingerprint density at radius 3 is 2.74 bits per heavy atom. The summed E-state index contributed by atoms with van der Waals surface area (Å²) in [6.45, 7) is 1.89. The molecule has 2 N–H and O–H groups in total. The first kappa shape index (κ1) is 16.1. The van der Waals surface area contributed by atoms with Gasteiger partial charge in [0.1, 0.15) is 5.75 Å². The number of halogens is 1. The minimum Gasteiger partial charge on any atom is -0.508 e. The van der Waals surface area contributed by atoms with Gasteiger partial charge in [-0.15, -0.1) is 24.2 Å². The number of aromatic hydroxyl groups is 1. The van der Waals surface area contributed by atoms with Crippen molar-refractivity contribution in [1.29, 1.82) is 0 Å². The summed E-state index contributed by atoms with van der Waals surface area (Å²) in [5, 5.41) is 12.4. The van der Waals surface area contributed by atoms with Crippen molar-refractivity contribution < 1.29 is 9.90 Å². The van der Waals surface area contributed by atoms with E-state index >= 15 is 0 Å². The Morgan fingerprint density at radius 1 is 1.47 bits per heavy atom. The van der Waals surface area contributed by atoms with Crippen LogP contribution in [-0.2, 0) is 4.79 Å². The predicted octanol–water partition coefficient (Wildman–Crippen LogP) is 1.73. The van der Waals surface area contributed by atoms with Crippen LogP contribution in [0.2, 0.25) is 0 Å². The highest BCUT2D eigenvalue weighted by Crippen LogP contribution is 2.21. The van der Waals surface area contributed by atoms with Crippen molar-refractivity contribution in [2.75, 3.05) is 25.9 Å². The summed E-state index contributed by atoms with van der Waals surface area (Å²) in [4.78, 5) is 14.8. The molecule has 1 aliphatic rings. The van der Waals surface area contributed by atoms with E-state index in [2.05, 4.69) is 5.32 Å². The van der Waals surface area contributed by atoms with Crippen LogP contribution >= 0.6 is 24.2 Å². The molecule has 1 amide bonds. The van der Waals surface area contributed by atoms with Crippen molar-refractivity contribution in [3.8, 4) is 5.75 Å². The minimum atomic E-state index is 0. The molecule has 1 aromatic carbocycles. The number of nitrogens with zero attached hydrogens (tertiary/aromatic N) is 1. The Balaban J connectivity index is 0.00000180. The molecule has 2 rings (SSSR count). The molecule has 1 heterocycles. The second-order valence-electron chi connectivity index (χ2n) is 4.43. The fourth-order valence-corrected chi connectivity index (χ4v) is 2.79. The maximum Gasteiger partial charge on any atom is 0.232 e. The topological polar surface area (TPSA) is 52.6 Å². The zero-order valence-corrected chi connectivity index (χ0v) is 12.5. The van der Waals surface area contributed by atoms with Gasteiger partial charge in [0, 0.05) is 24.5 Å². The molecule has 19 heavy (non-hydrogen) atoms. The molecule has 0 bridgehead atoms. The minimum absolute atomic E-state index is 0. The molecule has 1 atom stereocenters. The zero-order chi connectivity index (χ0) is 13.0. The van der Waals surface area contributed by atoms with Crippen LogP contribution in [0, 0.1) is 0 Å². The molecule has 106 valence electrons. The molecular weight excluding hydrogens is 284 g/mol. The number of carbonyl (C=O) groups excluding carboxylic acids is 1. The van der Waals surface area contributed by atoms with Crippen LogP contribution in [0.3, 0.4) is 0 Å². The standard InChI is InChI=1S/C13H18N2O2S.ClH/c1-15(10-6-7-14-8-10)13(17)9-18-12-4-2-11(16)3-5-12;/h2-5,10,14,16H,6-9H2,1H3;1H. The Kier molecular flexibility index (Phi) is 6.48. The third kappa shape index (κ3) is 4.60. The van der Waals surface area contributed by atoms with Gasteiger partial charge in [0.15, 0.2) is 0 Å². The van der Waals surface area contributed by atoms with E-state index in [4.69, 9.17) is 0 Å². The molecule has 0 aromatic heterocycles. The van der Waals surface area contributed by atoms with E-state index in [1.165, 1.54) is 11.8 Å². The Morgan fingerprint density at radius 2 is 2.16 bits per heavy atom. The monoisotopic (exact) mass is 302 g/mol. The number of amides is 1. The summed E-state index contributed by atoms with van der Waals surface area (Å²) >= 11 is 1.50. The van der Waals surface area contributed by atoms with E-state index in [9.17, 15) is 9.90 Å². The normalized spacial score (nSPS) is 17.8. The highest BCUT2D eigenvalue weighted by molar-refractivity contribution is 8.00. The van der Waals surface area contributed by atoms with Crippen molar-refractivity contribution in [2.24, 2.45) is 0 Å². The van der Waals surface area contributed by atoms with Crippen LogP contribution in [0.25, 0.3) is 0 Å². The molecule has 1 saturated heterocycles. The second kappa shape index (κ2) is 7.62. The molecule has 0 aliphatic carbocycles. The zero-order valence-electron chi connectivity index (χ0n) is 10.8. The quantitative estimate of drug-likeness (QED) is 0.832. The lowest BCUT2D eigenvalue weighted by molar-refractivity contribution is -0.128. The van der Waals surface area contributed by atoms with Gasteiger partial charge in [-0.1, -0.05) is 0 Å². The molecule has 1 unspecified atom stereocenters. The molecule has 6 heteroatoms. The largest absolute Gasteiger partial charge is 0.508 e. The van der Waals surface area contributed by atoms with Gasteiger partial charge in [0.05, 0.1) is 5.75 Å².